The maximum atomic E-state index is 6.46. The fourth-order valence-electron chi connectivity index (χ4n) is 3.06. The fraction of sp³-hybridized carbons (Fsp3) is 0.500. The van der Waals surface area contributed by atoms with E-state index < -0.39 is 0 Å². The summed E-state index contributed by atoms with van der Waals surface area (Å²) in [6.07, 6.45) is 5.50. The van der Waals surface area contributed by atoms with E-state index in [2.05, 4.69) is 36.5 Å². The summed E-state index contributed by atoms with van der Waals surface area (Å²) in [6, 6.07) is 8.38. The lowest BCUT2D eigenvalue weighted by Gasteiger charge is -2.23. The molecule has 0 unspecified atom stereocenters. The van der Waals surface area contributed by atoms with Gasteiger partial charge in [-0.2, -0.15) is 0 Å². The Bertz CT molecular complexity index is 569. The molecule has 1 aromatic carbocycles. The molecule has 0 aliphatic heterocycles. The highest BCUT2D eigenvalue weighted by Gasteiger charge is 2.27. The highest BCUT2D eigenvalue weighted by atomic mass is 35.5. The molecular weight excluding hydrogens is 274 g/mol. The van der Waals surface area contributed by atoms with Gasteiger partial charge in [-0.1, -0.05) is 49.6 Å². The van der Waals surface area contributed by atoms with Crippen molar-refractivity contribution in [3.8, 4) is 0 Å². The highest BCUT2D eigenvalue weighted by molar-refractivity contribution is 7.19. The van der Waals surface area contributed by atoms with E-state index in [-0.39, 0.29) is 0 Å². The van der Waals surface area contributed by atoms with Crippen LogP contribution in [-0.2, 0) is 6.54 Å². The molecule has 1 nitrogen and oxygen atoms in total. The molecule has 1 saturated carbocycles. The van der Waals surface area contributed by atoms with E-state index in [1.807, 2.05) is 11.3 Å². The van der Waals surface area contributed by atoms with Crippen molar-refractivity contribution in [2.45, 2.75) is 39.2 Å². The first-order valence-electron chi connectivity index (χ1n) is 7.05. The molecule has 0 amide bonds. The molecule has 2 aromatic rings. The monoisotopic (exact) mass is 293 g/mol. The first kappa shape index (κ1) is 13.4. The lowest BCUT2D eigenvalue weighted by molar-refractivity contribution is 0.315. The number of hydrogen-bond donors (Lipinski definition) is 1. The third-order valence-corrected chi connectivity index (χ3v) is 5.96. The molecule has 0 spiro atoms. The van der Waals surface area contributed by atoms with E-state index in [9.17, 15) is 0 Å². The topological polar surface area (TPSA) is 12.0 Å². The average Bonchev–Trinajstić information content (AvgIpc) is 2.96. The minimum atomic E-state index is 0.503. The number of rotatable bonds is 4. The molecule has 1 fully saturated rings. The minimum absolute atomic E-state index is 0.503. The third kappa shape index (κ3) is 2.81. The normalized spacial score (nSPS) is 18.2. The molecule has 0 atom stereocenters. The van der Waals surface area contributed by atoms with Gasteiger partial charge in [-0.25, -0.2) is 0 Å². The Hall–Kier alpha value is -0.570. The van der Waals surface area contributed by atoms with Gasteiger partial charge in [-0.15, -0.1) is 11.3 Å². The van der Waals surface area contributed by atoms with Crippen LogP contribution < -0.4 is 5.32 Å². The Labute approximate surface area is 124 Å². The molecule has 1 aliphatic rings. The van der Waals surface area contributed by atoms with Gasteiger partial charge in [0, 0.05) is 28.1 Å². The number of fused-ring (bicyclic) bond motifs is 1. The van der Waals surface area contributed by atoms with Crippen LogP contribution in [0.5, 0.6) is 0 Å². The Balaban J connectivity index is 1.67. The summed E-state index contributed by atoms with van der Waals surface area (Å²) in [5.74, 6) is 0. The standard InChI is InChI=1S/C16H20ClNS/c1-16(8-4-5-9-16)11-18-10-14-15(17)12-6-2-3-7-13(12)19-14/h2-3,6-7,18H,4-5,8-11H2,1H3. The van der Waals surface area contributed by atoms with Gasteiger partial charge in [-0.3, -0.25) is 0 Å². The van der Waals surface area contributed by atoms with Gasteiger partial charge in [0.1, 0.15) is 0 Å². The molecule has 0 radical (unpaired) electrons. The molecule has 3 rings (SSSR count). The van der Waals surface area contributed by atoms with Crippen molar-refractivity contribution in [1.82, 2.24) is 5.32 Å². The molecule has 1 aliphatic carbocycles. The van der Waals surface area contributed by atoms with Crippen LogP contribution in [-0.4, -0.2) is 6.54 Å². The van der Waals surface area contributed by atoms with E-state index >= 15 is 0 Å². The van der Waals surface area contributed by atoms with Gasteiger partial charge in [0.25, 0.3) is 0 Å². The maximum absolute atomic E-state index is 6.46. The number of halogens is 1. The number of nitrogens with one attached hydrogen (secondary N) is 1. The van der Waals surface area contributed by atoms with E-state index in [0.717, 1.165) is 18.1 Å². The molecular formula is C16H20ClNS. The molecule has 0 saturated heterocycles. The Morgan fingerprint density at radius 2 is 2.00 bits per heavy atom. The van der Waals surface area contributed by atoms with Gasteiger partial charge >= 0.3 is 0 Å². The smallest absolute Gasteiger partial charge is 0.0636 e. The lowest BCUT2D eigenvalue weighted by Crippen LogP contribution is -2.28. The van der Waals surface area contributed by atoms with Crippen molar-refractivity contribution in [3.63, 3.8) is 0 Å². The third-order valence-electron chi connectivity index (χ3n) is 4.25. The molecule has 1 N–H and O–H groups in total. The van der Waals surface area contributed by atoms with E-state index in [4.69, 9.17) is 11.6 Å². The average molecular weight is 294 g/mol. The highest BCUT2D eigenvalue weighted by Crippen LogP contribution is 2.38. The summed E-state index contributed by atoms with van der Waals surface area (Å²) >= 11 is 8.27. The number of thiophene rings is 1. The van der Waals surface area contributed by atoms with Gasteiger partial charge in [0.15, 0.2) is 0 Å². The van der Waals surface area contributed by atoms with Crippen molar-refractivity contribution in [2.24, 2.45) is 5.41 Å². The van der Waals surface area contributed by atoms with Crippen LogP contribution in [0.4, 0.5) is 0 Å². The summed E-state index contributed by atoms with van der Waals surface area (Å²) in [5, 5.41) is 5.74. The van der Waals surface area contributed by atoms with Crippen LogP contribution in [0.15, 0.2) is 24.3 Å². The van der Waals surface area contributed by atoms with Crippen LogP contribution in [0.2, 0.25) is 5.02 Å². The summed E-state index contributed by atoms with van der Waals surface area (Å²) < 4.78 is 1.29. The Kier molecular flexibility index (Phi) is 3.84. The van der Waals surface area contributed by atoms with Crippen molar-refractivity contribution in [2.75, 3.05) is 6.54 Å². The summed E-state index contributed by atoms with van der Waals surface area (Å²) in [6.45, 7) is 4.41. The number of hydrogen-bond acceptors (Lipinski definition) is 2. The maximum Gasteiger partial charge on any atom is 0.0636 e. The SMILES string of the molecule is CC1(CNCc2sc3ccccc3c2Cl)CCCC1. The summed E-state index contributed by atoms with van der Waals surface area (Å²) in [4.78, 5) is 1.27. The second kappa shape index (κ2) is 5.43. The van der Waals surface area contributed by atoms with E-state index in [1.165, 1.54) is 40.6 Å². The van der Waals surface area contributed by atoms with E-state index in [1.54, 1.807) is 0 Å². The predicted octanol–water partition coefficient (Wildman–Crippen LogP) is 5.22. The number of benzene rings is 1. The molecule has 1 aromatic heterocycles. The summed E-state index contributed by atoms with van der Waals surface area (Å²) in [5.41, 5.74) is 0.503. The summed E-state index contributed by atoms with van der Waals surface area (Å²) in [7, 11) is 0. The first-order valence-corrected chi connectivity index (χ1v) is 8.24. The Morgan fingerprint density at radius 1 is 1.26 bits per heavy atom. The van der Waals surface area contributed by atoms with Crippen LogP contribution in [0.3, 0.4) is 0 Å². The molecule has 3 heteroatoms. The zero-order valence-electron chi connectivity index (χ0n) is 11.3. The van der Waals surface area contributed by atoms with Crippen LogP contribution in [0.25, 0.3) is 10.1 Å². The zero-order valence-corrected chi connectivity index (χ0v) is 12.9. The second-order valence-electron chi connectivity index (χ2n) is 5.96. The second-order valence-corrected chi connectivity index (χ2v) is 7.47. The largest absolute Gasteiger partial charge is 0.311 e. The van der Waals surface area contributed by atoms with Crippen LogP contribution in [0, 0.1) is 5.41 Å². The quantitative estimate of drug-likeness (QED) is 0.814. The molecule has 19 heavy (non-hydrogen) atoms. The zero-order chi connectivity index (χ0) is 13.3. The molecule has 0 bridgehead atoms. The Morgan fingerprint density at radius 3 is 2.74 bits per heavy atom. The minimum Gasteiger partial charge on any atom is -0.311 e. The molecule has 102 valence electrons. The van der Waals surface area contributed by atoms with Gasteiger partial charge < -0.3 is 5.32 Å². The van der Waals surface area contributed by atoms with Crippen molar-refractivity contribution in [1.29, 1.82) is 0 Å². The predicted molar refractivity (Wildman–Crippen MR) is 85.1 cm³/mol. The van der Waals surface area contributed by atoms with Gasteiger partial charge in [0.2, 0.25) is 0 Å². The van der Waals surface area contributed by atoms with E-state index in [0.29, 0.717) is 5.41 Å². The van der Waals surface area contributed by atoms with Gasteiger partial charge in [0.05, 0.1) is 5.02 Å². The first-order chi connectivity index (χ1) is 9.18. The molecule has 1 heterocycles. The van der Waals surface area contributed by atoms with Crippen LogP contribution >= 0.6 is 22.9 Å². The van der Waals surface area contributed by atoms with Crippen molar-refractivity contribution < 1.29 is 0 Å². The van der Waals surface area contributed by atoms with Crippen molar-refractivity contribution >= 4 is 33.0 Å². The van der Waals surface area contributed by atoms with Crippen LogP contribution in [0.1, 0.15) is 37.5 Å². The van der Waals surface area contributed by atoms with Crippen molar-refractivity contribution in [3.05, 3.63) is 34.2 Å². The fourth-order valence-corrected chi connectivity index (χ4v) is 4.53. The lowest BCUT2D eigenvalue weighted by atomic mass is 9.89. The van der Waals surface area contributed by atoms with Gasteiger partial charge in [-0.05, 0) is 24.3 Å².